The number of anilines is 1. The van der Waals surface area contributed by atoms with E-state index in [9.17, 15) is 0 Å². The van der Waals surface area contributed by atoms with Gasteiger partial charge in [-0.1, -0.05) is 28.1 Å². The third-order valence-electron chi connectivity index (χ3n) is 3.89. The fraction of sp³-hybridized carbons (Fsp3) is 0.190. The molecule has 4 nitrogen and oxygen atoms in total. The van der Waals surface area contributed by atoms with Crippen LogP contribution in [0.3, 0.4) is 0 Å². The van der Waals surface area contributed by atoms with Gasteiger partial charge in [-0.25, -0.2) is 0 Å². The van der Waals surface area contributed by atoms with Crippen molar-refractivity contribution in [1.29, 1.82) is 0 Å². The first-order valence-electron chi connectivity index (χ1n) is 8.69. The first kappa shape index (κ1) is 19.5. The summed E-state index contributed by atoms with van der Waals surface area (Å²) >= 11 is 9.20. The van der Waals surface area contributed by atoms with Crippen LogP contribution in [0.5, 0.6) is 5.75 Å². The number of hydrogen-bond donors (Lipinski definition) is 1. The lowest BCUT2D eigenvalue weighted by Gasteiger charge is -2.25. The Morgan fingerprint density at radius 3 is 2.59 bits per heavy atom. The van der Waals surface area contributed by atoms with Crippen molar-refractivity contribution in [3.05, 3.63) is 82.7 Å². The highest BCUT2D eigenvalue weighted by Gasteiger charge is 2.13. The highest BCUT2D eigenvalue weighted by Crippen LogP contribution is 2.19. The second-order valence-corrected chi connectivity index (χ2v) is 7.26. The Labute approximate surface area is 173 Å². The molecular weight excluding hydrogens is 424 g/mol. The smallest absolute Gasteiger partial charge is 0.174 e. The van der Waals surface area contributed by atoms with Crippen LogP contribution < -0.4 is 10.1 Å². The summed E-state index contributed by atoms with van der Waals surface area (Å²) in [4.78, 5) is 2.08. The Morgan fingerprint density at radius 1 is 1.11 bits per heavy atom. The first-order chi connectivity index (χ1) is 13.1. The normalized spacial score (nSPS) is 10.4. The van der Waals surface area contributed by atoms with Gasteiger partial charge in [0.1, 0.15) is 11.5 Å². The number of hydrogen-bond acceptors (Lipinski definition) is 3. The first-order valence-corrected chi connectivity index (χ1v) is 9.90. The number of nitrogens with zero attached hydrogens (tertiary/aromatic N) is 1. The van der Waals surface area contributed by atoms with Crippen LogP contribution in [0.4, 0.5) is 5.69 Å². The third kappa shape index (κ3) is 5.84. The lowest BCUT2D eigenvalue weighted by Crippen LogP contribution is -2.33. The van der Waals surface area contributed by atoms with Crippen LogP contribution in [0.2, 0.25) is 0 Å². The molecule has 0 aliphatic carbocycles. The van der Waals surface area contributed by atoms with Crippen LogP contribution in [0.1, 0.15) is 18.2 Å². The minimum atomic E-state index is 0.586. The summed E-state index contributed by atoms with van der Waals surface area (Å²) in [5, 5.41) is 3.94. The molecule has 0 aliphatic rings. The SMILES string of the molecule is CCOc1ccc(NC(=S)N(Cc2cccc(Br)c2)Cc2ccco2)cc1. The molecule has 0 atom stereocenters. The maximum atomic E-state index is 5.68. The van der Waals surface area contributed by atoms with Gasteiger partial charge < -0.3 is 19.4 Å². The van der Waals surface area contributed by atoms with Crippen LogP contribution >= 0.6 is 28.1 Å². The Kier molecular flexibility index (Phi) is 6.90. The minimum Gasteiger partial charge on any atom is -0.494 e. The van der Waals surface area contributed by atoms with E-state index in [2.05, 4.69) is 38.3 Å². The predicted molar refractivity (Wildman–Crippen MR) is 116 cm³/mol. The second kappa shape index (κ2) is 9.58. The molecule has 140 valence electrons. The quantitative estimate of drug-likeness (QED) is 0.463. The molecule has 2 aromatic carbocycles. The van der Waals surface area contributed by atoms with E-state index in [1.165, 1.54) is 0 Å². The molecule has 1 heterocycles. The zero-order valence-electron chi connectivity index (χ0n) is 15.0. The molecule has 1 aromatic heterocycles. The highest BCUT2D eigenvalue weighted by molar-refractivity contribution is 9.10. The van der Waals surface area contributed by atoms with Crippen molar-refractivity contribution in [2.24, 2.45) is 0 Å². The third-order valence-corrected chi connectivity index (χ3v) is 4.75. The number of furan rings is 1. The van der Waals surface area contributed by atoms with E-state index in [0.717, 1.165) is 27.2 Å². The topological polar surface area (TPSA) is 37.6 Å². The Balaban J connectivity index is 1.73. The van der Waals surface area contributed by atoms with Gasteiger partial charge in [0.2, 0.25) is 0 Å². The molecule has 0 saturated carbocycles. The lowest BCUT2D eigenvalue weighted by molar-refractivity contribution is 0.340. The molecule has 0 saturated heterocycles. The van der Waals surface area contributed by atoms with E-state index < -0.39 is 0 Å². The number of halogens is 1. The Hall–Kier alpha value is -2.31. The molecule has 0 fully saturated rings. The molecule has 3 rings (SSSR count). The average Bonchev–Trinajstić information content (AvgIpc) is 3.16. The molecule has 3 aromatic rings. The summed E-state index contributed by atoms with van der Waals surface area (Å²) in [6.45, 7) is 3.87. The van der Waals surface area contributed by atoms with E-state index in [1.54, 1.807) is 6.26 Å². The van der Waals surface area contributed by atoms with Gasteiger partial charge in [0.05, 0.1) is 19.4 Å². The average molecular weight is 445 g/mol. The van der Waals surface area contributed by atoms with Gasteiger partial charge in [-0.2, -0.15) is 0 Å². The zero-order valence-corrected chi connectivity index (χ0v) is 17.4. The van der Waals surface area contributed by atoms with E-state index in [0.29, 0.717) is 24.8 Å². The van der Waals surface area contributed by atoms with Crippen LogP contribution in [-0.2, 0) is 13.1 Å². The summed E-state index contributed by atoms with van der Waals surface area (Å²) in [5.74, 6) is 1.70. The molecule has 0 amide bonds. The van der Waals surface area contributed by atoms with Crippen molar-refractivity contribution in [3.8, 4) is 5.75 Å². The largest absolute Gasteiger partial charge is 0.494 e. The lowest BCUT2D eigenvalue weighted by atomic mass is 10.2. The van der Waals surface area contributed by atoms with Gasteiger partial charge >= 0.3 is 0 Å². The predicted octanol–water partition coefficient (Wildman–Crippen LogP) is 5.84. The second-order valence-electron chi connectivity index (χ2n) is 5.95. The van der Waals surface area contributed by atoms with Crippen LogP contribution in [0, 0.1) is 0 Å². The van der Waals surface area contributed by atoms with E-state index in [-0.39, 0.29) is 0 Å². The molecule has 0 radical (unpaired) electrons. The zero-order chi connectivity index (χ0) is 19.1. The van der Waals surface area contributed by atoms with Gasteiger partial charge in [0, 0.05) is 16.7 Å². The number of rotatable bonds is 7. The number of benzene rings is 2. The maximum absolute atomic E-state index is 5.68. The van der Waals surface area contributed by atoms with Crippen molar-refractivity contribution in [1.82, 2.24) is 4.90 Å². The summed E-state index contributed by atoms with van der Waals surface area (Å²) in [6, 6.07) is 19.8. The van der Waals surface area contributed by atoms with E-state index in [4.69, 9.17) is 21.4 Å². The van der Waals surface area contributed by atoms with Crippen molar-refractivity contribution >= 4 is 38.9 Å². The number of ether oxygens (including phenoxy) is 1. The van der Waals surface area contributed by atoms with Gasteiger partial charge in [-0.3, -0.25) is 0 Å². The number of thiocarbonyl (C=S) groups is 1. The van der Waals surface area contributed by atoms with Gasteiger partial charge in [0.15, 0.2) is 5.11 Å². The fourth-order valence-corrected chi connectivity index (χ4v) is 3.34. The number of nitrogens with one attached hydrogen (secondary N) is 1. The van der Waals surface area contributed by atoms with Crippen LogP contribution in [0.25, 0.3) is 0 Å². The summed E-state index contributed by atoms with van der Waals surface area (Å²) in [7, 11) is 0. The molecular formula is C21H21BrN2O2S. The molecule has 0 spiro atoms. The minimum absolute atomic E-state index is 0.586. The standard InChI is InChI=1S/C21H21BrN2O2S/c1-2-25-19-10-8-18(9-11-19)23-21(27)24(15-20-7-4-12-26-20)14-16-5-3-6-17(22)13-16/h3-13H,2,14-15H2,1H3,(H,23,27). The summed E-state index contributed by atoms with van der Waals surface area (Å²) in [5.41, 5.74) is 2.08. The van der Waals surface area contributed by atoms with Crippen molar-refractivity contribution in [2.45, 2.75) is 20.0 Å². The Bertz CT molecular complexity index is 866. The maximum Gasteiger partial charge on any atom is 0.174 e. The monoisotopic (exact) mass is 444 g/mol. The molecule has 27 heavy (non-hydrogen) atoms. The highest BCUT2D eigenvalue weighted by atomic mass is 79.9. The van der Waals surface area contributed by atoms with E-state index >= 15 is 0 Å². The van der Waals surface area contributed by atoms with Crippen LogP contribution in [0.15, 0.2) is 75.8 Å². The molecule has 6 heteroatoms. The van der Waals surface area contributed by atoms with Crippen LogP contribution in [-0.4, -0.2) is 16.6 Å². The van der Waals surface area contributed by atoms with Crippen molar-refractivity contribution < 1.29 is 9.15 Å². The van der Waals surface area contributed by atoms with E-state index in [1.807, 2.05) is 55.5 Å². The molecule has 1 N–H and O–H groups in total. The summed E-state index contributed by atoms with van der Waals surface area (Å²) in [6.07, 6.45) is 1.68. The van der Waals surface area contributed by atoms with Gasteiger partial charge in [0.25, 0.3) is 0 Å². The van der Waals surface area contributed by atoms with Gasteiger partial charge in [-0.15, -0.1) is 0 Å². The molecule has 0 aliphatic heterocycles. The van der Waals surface area contributed by atoms with Gasteiger partial charge in [-0.05, 0) is 73.2 Å². The van der Waals surface area contributed by atoms with Crippen molar-refractivity contribution in [2.75, 3.05) is 11.9 Å². The Morgan fingerprint density at radius 2 is 1.93 bits per heavy atom. The summed E-state index contributed by atoms with van der Waals surface area (Å²) < 4.78 is 12.0. The van der Waals surface area contributed by atoms with Crippen molar-refractivity contribution in [3.63, 3.8) is 0 Å². The fourth-order valence-electron chi connectivity index (χ4n) is 2.65. The molecule has 0 bridgehead atoms. The molecule has 0 unspecified atom stereocenters.